The van der Waals surface area contributed by atoms with Crippen molar-refractivity contribution in [2.45, 2.75) is 39.7 Å². The maximum absolute atomic E-state index is 12.0. The summed E-state index contributed by atoms with van der Waals surface area (Å²) in [6.45, 7) is 9.74. The van der Waals surface area contributed by atoms with Gasteiger partial charge in [-0.3, -0.25) is 4.79 Å². The Morgan fingerprint density at radius 2 is 1.83 bits per heavy atom. The second kappa shape index (κ2) is 14.3. The average Bonchev–Trinajstić information content (AvgIpc) is 2.53. The fourth-order valence-electron chi connectivity index (χ4n) is 2.19. The number of amides is 1. The van der Waals surface area contributed by atoms with Crippen molar-refractivity contribution in [3.63, 3.8) is 0 Å². The lowest BCUT2D eigenvalue weighted by atomic mass is 10.1. The number of para-hydroxylation sites is 2. The fraction of sp³-hybridized carbons (Fsp3) is 0.588. The third kappa shape index (κ3) is 8.73. The van der Waals surface area contributed by atoms with Crippen molar-refractivity contribution in [2.75, 3.05) is 31.6 Å². The molecule has 0 bridgehead atoms. The Labute approximate surface area is 158 Å². The van der Waals surface area contributed by atoms with E-state index in [2.05, 4.69) is 24.1 Å². The summed E-state index contributed by atoms with van der Waals surface area (Å²) in [4.78, 5) is 14.3. The molecule has 140 valence electrons. The summed E-state index contributed by atoms with van der Waals surface area (Å²) in [5.41, 5.74) is 6.52. The zero-order valence-corrected chi connectivity index (χ0v) is 16.4. The summed E-state index contributed by atoms with van der Waals surface area (Å²) >= 11 is 0. The van der Waals surface area contributed by atoms with E-state index in [-0.39, 0.29) is 30.7 Å². The normalized spacial score (nSPS) is 11.2. The molecule has 3 N–H and O–H groups in total. The molecule has 1 amide bonds. The lowest BCUT2D eigenvalue weighted by Gasteiger charge is -2.19. The van der Waals surface area contributed by atoms with Gasteiger partial charge in [0.1, 0.15) is 12.4 Å². The van der Waals surface area contributed by atoms with Crippen LogP contribution in [0.3, 0.4) is 0 Å². The highest BCUT2D eigenvalue weighted by Crippen LogP contribution is 2.24. The van der Waals surface area contributed by atoms with Crippen LogP contribution in [0.15, 0.2) is 24.3 Å². The number of rotatable bonds is 10. The topological polar surface area (TPSA) is 67.6 Å². The Hall–Kier alpha value is -1.01. The number of ether oxygens (including phenoxy) is 1. The standard InChI is InChI=1S/C17H29N3O2.2ClH/c1-4-9-14(18)17(21)19-15-10-7-8-11-16(15)22-13-12-20(5-2)6-3;;/h7-8,10-11,14H,4-6,9,12-13,18H2,1-3H3,(H,19,21);2*1H. The van der Waals surface area contributed by atoms with E-state index in [9.17, 15) is 4.79 Å². The lowest BCUT2D eigenvalue weighted by molar-refractivity contribution is -0.117. The molecule has 0 fully saturated rings. The minimum atomic E-state index is -0.478. The SMILES string of the molecule is CCCC(N)C(=O)Nc1ccccc1OCCN(CC)CC.Cl.Cl. The first-order valence-corrected chi connectivity index (χ1v) is 8.12. The van der Waals surface area contributed by atoms with Crippen LogP contribution in [0.2, 0.25) is 0 Å². The van der Waals surface area contributed by atoms with Crippen LogP contribution in [-0.4, -0.2) is 43.1 Å². The summed E-state index contributed by atoms with van der Waals surface area (Å²) in [5, 5.41) is 2.86. The van der Waals surface area contributed by atoms with E-state index in [1.54, 1.807) is 0 Å². The van der Waals surface area contributed by atoms with Crippen LogP contribution in [0.1, 0.15) is 33.6 Å². The van der Waals surface area contributed by atoms with Gasteiger partial charge in [0.2, 0.25) is 5.91 Å². The number of nitrogens with two attached hydrogens (primary N) is 1. The van der Waals surface area contributed by atoms with Crippen molar-refractivity contribution >= 4 is 36.4 Å². The molecule has 0 saturated heterocycles. The Bertz CT molecular complexity index is 457. The van der Waals surface area contributed by atoms with Crippen LogP contribution < -0.4 is 15.8 Å². The highest BCUT2D eigenvalue weighted by Gasteiger charge is 2.14. The molecule has 7 heteroatoms. The monoisotopic (exact) mass is 379 g/mol. The molecule has 0 aromatic heterocycles. The van der Waals surface area contributed by atoms with E-state index >= 15 is 0 Å². The molecule has 0 aliphatic rings. The molecule has 0 aliphatic heterocycles. The Kier molecular flexibility index (Phi) is 15.1. The molecule has 0 radical (unpaired) electrons. The molecule has 1 atom stereocenters. The zero-order chi connectivity index (χ0) is 16.4. The second-order valence-corrected chi connectivity index (χ2v) is 5.26. The van der Waals surface area contributed by atoms with Crippen LogP contribution >= 0.6 is 24.8 Å². The molecule has 24 heavy (non-hydrogen) atoms. The van der Waals surface area contributed by atoms with Gasteiger partial charge in [-0.1, -0.05) is 39.3 Å². The third-order valence-corrected chi connectivity index (χ3v) is 3.64. The minimum absolute atomic E-state index is 0. The third-order valence-electron chi connectivity index (χ3n) is 3.64. The van der Waals surface area contributed by atoms with Gasteiger partial charge in [-0.05, 0) is 31.6 Å². The largest absolute Gasteiger partial charge is 0.490 e. The van der Waals surface area contributed by atoms with Crippen molar-refractivity contribution in [1.29, 1.82) is 0 Å². The number of benzene rings is 1. The van der Waals surface area contributed by atoms with Crippen molar-refractivity contribution in [3.8, 4) is 5.75 Å². The number of hydrogen-bond acceptors (Lipinski definition) is 4. The Balaban J connectivity index is 0. The van der Waals surface area contributed by atoms with Crippen LogP contribution in [-0.2, 0) is 4.79 Å². The van der Waals surface area contributed by atoms with E-state index in [0.717, 1.165) is 26.1 Å². The number of carbonyl (C=O) groups is 1. The van der Waals surface area contributed by atoms with Crippen LogP contribution in [0.4, 0.5) is 5.69 Å². The molecule has 1 aromatic carbocycles. The fourth-order valence-corrected chi connectivity index (χ4v) is 2.19. The highest BCUT2D eigenvalue weighted by atomic mass is 35.5. The summed E-state index contributed by atoms with van der Waals surface area (Å²) < 4.78 is 5.81. The summed E-state index contributed by atoms with van der Waals surface area (Å²) in [7, 11) is 0. The number of nitrogens with zero attached hydrogens (tertiary/aromatic N) is 1. The number of nitrogens with one attached hydrogen (secondary N) is 1. The predicted molar refractivity (Wildman–Crippen MR) is 106 cm³/mol. The number of likely N-dealkylation sites (N-methyl/N-ethyl adjacent to an activating group) is 1. The van der Waals surface area contributed by atoms with E-state index in [1.807, 2.05) is 31.2 Å². The first-order chi connectivity index (χ1) is 10.6. The maximum Gasteiger partial charge on any atom is 0.241 e. The highest BCUT2D eigenvalue weighted by molar-refractivity contribution is 5.95. The molecule has 0 spiro atoms. The van der Waals surface area contributed by atoms with E-state index in [0.29, 0.717) is 24.5 Å². The van der Waals surface area contributed by atoms with Gasteiger partial charge in [0, 0.05) is 6.54 Å². The molecule has 1 unspecified atom stereocenters. The predicted octanol–water partition coefficient (Wildman–Crippen LogP) is 3.32. The molecule has 0 aliphatic carbocycles. The van der Waals surface area contributed by atoms with Crippen molar-refractivity contribution in [3.05, 3.63) is 24.3 Å². The Morgan fingerprint density at radius 1 is 1.21 bits per heavy atom. The van der Waals surface area contributed by atoms with Crippen molar-refractivity contribution in [1.82, 2.24) is 4.90 Å². The van der Waals surface area contributed by atoms with Gasteiger partial charge in [0.25, 0.3) is 0 Å². The van der Waals surface area contributed by atoms with Gasteiger partial charge >= 0.3 is 0 Å². The number of halogens is 2. The second-order valence-electron chi connectivity index (χ2n) is 5.26. The first kappa shape index (κ1) is 25.2. The number of hydrogen-bond donors (Lipinski definition) is 2. The molecule has 0 saturated carbocycles. The van der Waals surface area contributed by atoms with Gasteiger partial charge in [0.15, 0.2) is 0 Å². The zero-order valence-electron chi connectivity index (χ0n) is 14.8. The molecular weight excluding hydrogens is 349 g/mol. The van der Waals surface area contributed by atoms with Crippen LogP contribution in [0.25, 0.3) is 0 Å². The Morgan fingerprint density at radius 3 is 2.42 bits per heavy atom. The number of anilines is 1. The van der Waals surface area contributed by atoms with Gasteiger partial charge in [-0.2, -0.15) is 0 Å². The summed E-state index contributed by atoms with van der Waals surface area (Å²) in [5.74, 6) is 0.522. The van der Waals surface area contributed by atoms with Gasteiger partial charge in [-0.25, -0.2) is 0 Å². The summed E-state index contributed by atoms with van der Waals surface area (Å²) in [6.07, 6.45) is 1.56. The molecule has 5 nitrogen and oxygen atoms in total. The summed E-state index contributed by atoms with van der Waals surface area (Å²) in [6, 6.07) is 6.99. The van der Waals surface area contributed by atoms with E-state index in [4.69, 9.17) is 10.5 Å². The molecular formula is C17H31Cl2N3O2. The van der Waals surface area contributed by atoms with Crippen molar-refractivity contribution < 1.29 is 9.53 Å². The smallest absolute Gasteiger partial charge is 0.241 e. The van der Waals surface area contributed by atoms with Gasteiger partial charge in [0.05, 0.1) is 11.7 Å². The average molecular weight is 380 g/mol. The van der Waals surface area contributed by atoms with Crippen LogP contribution in [0, 0.1) is 0 Å². The molecule has 0 heterocycles. The van der Waals surface area contributed by atoms with E-state index < -0.39 is 6.04 Å². The minimum Gasteiger partial charge on any atom is -0.490 e. The first-order valence-electron chi connectivity index (χ1n) is 8.12. The van der Waals surface area contributed by atoms with Gasteiger partial charge in [-0.15, -0.1) is 24.8 Å². The lowest BCUT2D eigenvalue weighted by Crippen LogP contribution is -2.35. The van der Waals surface area contributed by atoms with Crippen LogP contribution in [0.5, 0.6) is 5.75 Å². The maximum atomic E-state index is 12.0. The van der Waals surface area contributed by atoms with Gasteiger partial charge < -0.3 is 20.7 Å². The number of carbonyl (C=O) groups excluding carboxylic acids is 1. The molecule has 1 aromatic rings. The quantitative estimate of drug-likeness (QED) is 0.654. The van der Waals surface area contributed by atoms with Crippen molar-refractivity contribution in [2.24, 2.45) is 5.73 Å². The molecule has 1 rings (SSSR count). The van der Waals surface area contributed by atoms with E-state index in [1.165, 1.54) is 0 Å².